The van der Waals surface area contributed by atoms with Crippen molar-refractivity contribution in [3.8, 4) is 0 Å². The molecule has 0 saturated carbocycles. The second-order valence-corrected chi connectivity index (χ2v) is 9.74. The number of hydrogen-bond donors (Lipinski definition) is 1. The predicted molar refractivity (Wildman–Crippen MR) is 145 cm³/mol. The van der Waals surface area contributed by atoms with E-state index < -0.39 is 6.04 Å². The highest BCUT2D eigenvalue weighted by Crippen LogP contribution is 2.37. The lowest BCUT2D eigenvalue weighted by molar-refractivity contribution is -0.140. The minimum Gasteiger partial charge on any atom is -0.354 e. The van der Waals surface area contributed by atoms with Gasteiger partial charge in [-0.1, -0.05) is 60.5 Å². The smallest absolute Gasteiger partial charge is 0.258 e. The SMILES string of the molecule is CCCNC(=O)[C@@H](C)N(Cc1c(Cl)cccc1Cl)C(=O)CCCN1C(=O)c2cccc3cccc1c23. The van der Waals surface area contributed by atoms with Crippen molar-refractivity contribution in [2.45, 2.75) is 45.7 Å². The Morgan fingerprint density at radius 1 is 1.03 bits per heavy atom. The number of nitrogens with one attached hydrogen (secondary N) is 1. The fourth-order valence-electron chi connectivity index (χ4n) is 4.57. The fourth-order valence-corrected chi connectivity index (χ4v) is 5.08. The fraction of sp³-hybridized carbons (Fsp3) is 0.321. The monoisotopic (exact) mass is 525 g/mol. The highest BCUT2D eigenvalue weighted by molar-refractivity contribution is 6.36. The summed E-state index contributed by atoms with van der Waals surface area (Å²) in [6.07, 6.45) is 1.41. The molecule has 1 N–H and O–H groups in total. The van der Waals surface area contributed by atoms with E-state index >= 15 is 0 Å². The molecule has 3 aromatic rings. The number of amides is 3. The average Bonchev–Trinajstić information content (AvgIpc) is 3.14. The predicted octanol–water partition coefficient (Wildman–Crippen LogP) is 5.83. The maximum atomic E-state index is 13.4. The number of hydrogen-bond acceptors (Lipinski definition) is 3. The molecule has 0 aliphatic carbocycles. The third-order valence-corrected chi connectivity index (χ3v) is 7.24. The Morgan fingerprint density at radius 3 is 2.39 bits per heavy atom. The zero-order chi connectivity index (χ0) is 25.8. The molecular weight excluding hydrogens is 497 g/mol. The molecule has 0 fully saturated rings. The number of carbonyl (C=O) groups is 3. The van der Waals surface area contributed by atoms with Gasteiger partial charge in [-0.15, -0.1) is 0 Å². The second kappa shape index (κ2) is 11.3. The van der Waals surface area contributed by atoms with Gasteiger partial charge in [0.25, 0.3) is 5.91 Å². The number of halogens is 2. The molecule has 3 aromatic carbocycles. The molecule has 4 rings (SSSR count). The molecule has 1 aliphatic heterocycles. The van der Waals surface area contributed by atoms with E-state index in [0.29, 0.717) is 40.7 Å². The summed E-state index contributed by atoms with van der Waals surface area (Å²) in [5, 5.41) is 5.71. The van der Waals surface area contributed by atoms with Crippen molar-refractivity contribution < 1.29 is 14.4 Å². The molecule has 0 unspecified atom stereocenters. The van der Waals surface area contributed by atoms with Crippen molar-refractivity contribution in [3.05, 3.63) is 75.8 Å². The minimum atomic E-state index is -0.706. The van der Waals surface area contributed by atoms with E-state index in [2.05, 4.69) is 5.32 Å². The third-order valence-electron chi connectivity index (χ3n) is 6.53. The van der Waals surface area contributed by atoms with Crippen LogP contribution in [0.4, 0.5) is 5.69 Å². The molecule has 0 saturated heterocycles. The Kier molecular flexibility index (Phi) is 8.17. The molecule has 6 nitrogen and oxygen atoms in total. The summed E-state index contributed by atoms with van der Waals surface area (Å²) in [6, 6.07) is 16.0. The van der Waals surface area contributed by atoms with Gasteiger partial charge in [-0.2, -0.15) is 0 Å². The Hall–Kier alpha value is -3.09. The first-order valence-corrected chi connectivity index (χ1v) is 12.9. The van der Waals surface area contributed by atoms with E-state index in [4.69, 9.17) is 23.2 Å². The van der Waals surface area contributed by atoms with Crippen LogP contribution in [0.25, 0.3) is 10.8 Å². The van der Waals surface area contributed by atoms with Crippen LogP contribution >= 0.6 is 23.2 Å². The summed E-state index contributed by atoms with van der Waals surface area (Å²) in [4.78, 5) is 42.4. The summed E-state index contributed by atoms with van der Waals surface area (Å²) < 4.78 is 0. The van der Waals surface area contributed by atoms with Gasteiger partial charge < -0.3 is 15.1 Å². The van der Waals surface area contributed by atoms with Crippen LogP contribution in [0.2, 0.25) is 10.0 Å². The molecular formula is C28H29Cl2N3O3. The third kappa shape index (κ3) is 5.20. The highest BCUT2D eigenvalue weighted by atomic mass is 35.5. The Labute approximate surface area is 221 Å². The van der Waals surface area contributed by atoms with Gasteiger partial charge in [0.15, 0.2) is 0 Å². The average molecular weight is 526 g/mol. The van der Waals surface area contributed by atoms with Crippen molar-refractivity contribution in [3.63, 3.8) is 0 Å². The maximum Gasteiger partial charge on any atom is 0.258 e. The van der Waals surface area contributed by atoms with Gasteiger partial charge in [0.1, 0.15) is 6.04 Å². The van der Waals surface area contributed by atoms with Crippen LogP contribution in [0.1, 0.15) is 49.0 Å². The van der Waals surface area contributed by atoms with E-state index in [-0.39, 0.29) is 30.7 Å². The zero-order valence-corrected chi connectivity index (χ0v) is 21.9. The first-order valence-electron chi connectivity index (χ1n) is 12.2. The van der Waals surface area contributed by atoms with E-state index in [1.807, 2.05) is 43.3 Å². The Morgan fingerprint density at radius 2 is 1.69 bits per heavy atom. The largest absolute Gasteiger partial charge is 0.354 e. The van der Waals surface area contributed by atoms with Crippen LogP contribution in [0.5, 0.6) is 0 Å². The molecule has 1 aliphatic rings. The van der Waals surface area contributed by atoms with Crippen LogP contribution < -0.4 is 10.2 Å². The number of nitrogens with zero attached hydrogens (tertiary/aromatic N) is 2. The lowest BCUT2D eigenvalue weighted by atomic mass is 10.1. The topological polar surface area (TPSA) is 69.7 Å². The van der Waals surface area contributed by atoms with E-state index in [9.17, 15) is 14.4 Å². The molecule has 188 valence electrons. The summed E-state index contributed by atoms with van der Waals surface area (Å²) in [6.45, 7) is 4.72. The molecule has 36 heavy (non-hydrogen) atoms. The quantitative estimate of drug-likeness (QED) is 0.362. The van der Waals surface area contributed by atoms with Gasteiger partial charge in [0.05, 0.1) is 5.69 Å². The number of anilines is 1. The summed E-state index contributed by atoms with van der Waals surface area (Å²) in [7, 11) is 0. The van der Waals surface area contributed by atoms with Crippen LogP contribution in [0, 0.1) is 0 Å². The van der Waals surface area contributed by atoms with Crippen molar-refractivity contribution >= 4 is 57.4 Å². The lowest BCUT2D eigenvalue weighted by Crippen LogP contribution is -2.48. The normalized spacial score (nSPS) is 13.2. The van der Waals surface area contributed by atoms with Gasteiger partial charge >= 0.3 is 0 Å². The van der Waals surface area contributed by atoms with Gasteiger partial charge in [-0.3, -0.25) is 14.4 Å². The van der Waals surface area contributed by atoms with Crippen molar-refractivity contribution in [2.24, 2.45) is 0 Å². The molecule has 0 spiro atoms. The zero-order valence-electron chi connectivity index (χ0n) is 20.4. The summed E-state index contributed by atoms with van der Waals surface area (Å²) in [5.74, 6) is -0.487. The molecule has 8 heteroatoms. The van der Waals surface area contributed by atoms with Crippen molar-refractivity contribution in [1.82, 2.24) is 10.2 Å². The van der Waals surface area contributed by atoms with Gasteiger partial charge in [-0.05, 0) is 49.4 Å². The van der Waals surface area contributed by atoms with E-state index in [1.54, 1.807) is 30.0 Å². The standard InChI is InChI=1S/C28H29Cl2N3O3/c1-3-15-31-27(35)18(2)33(17-21-22(29)11-6-12-23(21)30)25(34)14-7-16-32-24-13-5-9-19-8-4-10-20(26(19)24)28(32)36/h4-6,8-13,18H,3,7,14-17H2,1-2H3,(H,31,35)/t18-/m1/s1. The lowest BCUT2D eigenvalue weighted by Gasteiger charge is -2.29. The minimum absolute atomic E-state index is 0.0544. The summed E-state index contributed by atoms with van der Waals surface area (Å²) in [5.41, 5.74) is 2.15. The number of carbonyl (C=O) groups excluding carboxylic acids is 3. The van der Waals surface area contributed by atoms with Crippen LogP contribution in [-0.2, 0) is 16.1 Å². The van der Waals surface area contributed by atoms with E-state index in [1.165, 1.54) is 4.90 Å². The van der Waals surface area contributed by atoms with Gasteiger partial charge in [0, 0.05) is 52.6 Å². The van der Waals surface area contributed by atoms with Gasteiger partial charge in [-0.25, -0.2) is 0 Å². The Bertz CT molecular complexity index is 1280. The highest BCUT2D eigenvalue weighted by Gasteiger charge is 2.30. The van der Waals surface area contributed by atoms with Gasteiger partial charge in [0.2, 0.25) is 11.8 Å². The first kappa shape index (κ1) is 26.0. The second-order valence-electron chi connectivity index (χ2n) is 8.93. The first-order chi connectivity index (χ1) is 17.3. The summed E-state index contributed by atoms with van der Waals surface area (Å²) >= 11 is 12.7. The van der Waals surface area contributed by atoms with Crippen LogP contribution in [0.15, 0.2) is 54.6 Å². The molecule has 0 bridgehead atoms. The maximum absolute atomic E-state index is 13.4. The number of benzene rings is 3. The molecule has 1 atom stereocenters. The van der Waals surface area contributed by atoms with Crippen LogP contribution in [-0.4, -0.2) is 41.8 Å². The molecule has 0 radical (unpaired) electrons. The molecule has 3 amide bonds. The molecule has 0 aromatic heterocycles. The van der Waals surface area contributed by atoms with Crippen molar-refractivity contribution in [2.75, 3.05) is 18.0 Å². The molecule has 1 heterocycles. The Balaban J connectivity index is 1.48. The number of rotatable bonds is 10. The van der Waals surface area contributed by atoms with Crippen molar-refractivity contribution in [1.29, 1.82) is 0 Å². The van der Waals surface area contributed by atoms with E-state index in [0.717, 1.165) is 22.9 Å². The van der Waals surface area contributed by atoms with Crippen LogP contribution in [0.3, 0.4) is 0 Å².